The Morgan fingerprint density at radius 3 is 2.87 bits per heavy atom. The van der Waals surface area contributed by atoms with Gasteiger partial charge >= 0.3 is 0 Å². The highest BCUT2D eigenvalue weighted by molar-refractivity contribution is 6.30. The molecule has 0 saturated carbocycles. The van der Waals surface area contributed by atoms with Gasteiger partial charge in [0, 0.05) is 54.8 Å². The Morgan fingerprint density at radius 2 is 2.05 bits per heavy atom. The lowest BCUT2D eigenvalue weighted by molar-refractivity contribution is 0.0944. The Morgan fingerprint density at radius 1 is 1.18 bits per heavy atom. The molecule has 0 radical (unpaired) electrons. The van der Waals surface area contributed by atoms with E-state index in [0.717, 1.165) is 29.9 Å². The summed E-state index contributed by atoms with van der Waals surface area (Å²) >= 11 is 6.29. The van der Waals surface area contributed by atoms with Gasteiger partial charge in [-0.3, -0.25) is 14.6 Å². The Labute approximate surface area is 232 Å². The molecule has 0 aliphatic carbocycles. The minimum absolute atomic E-state index is 0.192. The molecule has 4 aromatic rings. The number of anilines is 1. The molecule has 9 heteroatoms. The number of carbonyl (C=O) groups excluding carboxylic acids is 2. The van der Waals surface area contributed by atoms with E-state index >= 15 is 0 Å². The van der Waals surface area contributed by atoms with E-state index < -0.39 is 0 Å². The molecule has 0 bridgehead atoms. The fourth-order valence-corrected chi connectivity index (χ4v) is 5.64. The summed E-state index contributed by atoms with van der Waals surface area (Å²) in [6, 6.07) is 15.3. The number of hydrogen-bond acceptors (Lipinski definition) is 5. The van der Waals surface area contributed by atoms with Gasteiger partial charge in [0.1, 0.15) is 5.69 Å². The van der Waals surface area contributed by atoms with E-state index in [4.69, 9.17) is 11.6 Å². The molecule has 2 N–H and O–H groups in total. The van der Waals surface area contributed by atoms with Crippen LogP contribution in [-0.2, 0) is 19.5 Å². The van der Waals surface area contributed by atoms with E-state index in [-0.39, 0.29) is 17.5 Å². The monoisotopic (exact) mass is 540 g/mol. The van der Waals surface area contributed by atoms with Crippen LogP contribution in [0.2, 0.25) is 5.02 Å². The molecular formula is C30H29ClN6O2. The molecule has 0 saturated heterocycles. The predicted octanol–water partition coefficient (Wildman–Crippen LogP) is 4.57. The molecule has 1 atom stereocenters. The highest BCUT2D eigenvalue weighted by Crippen LogP contribution is 2.32. The number of carbonyl (C=O) groups is 2. The van der Waals surface area contributed by atoms with Crippen LogP contribution in [0.1, 0.15) is 61.6 Å². The molecule has 2 aromatic carbocycles. The summed E-state index contributed by atoms with van der Waals surface area (Å²) < 4.78 is 1.56. The smallest absolute Gasteiger partial charge is 0.277 e. The van der Waals surface area contributed by atoms with Gasteiger partial charge in [-0.05, 0) is 77.9 Å². The lowest BCUT2D eigenvalue weighted by atomic mass is 9.91. The molecule has 0 unspecified atom stereocenters. The van der Waals surface area contributed by atoms with Crippen LogP contribution >= 0.6 is 11.6 Å². The van der Waals surface area contributed by atoms with Crippen LogP contribution < -0.4 is 15.5 Å². The van der Waals surface area contributed by atoms with Crippen LogP contribution in [0.3, 0.4) is 0 Å². The van der Waals surface area contributed by atoms with Crippen molar-refractivity contribution < 1.29 is 9.59 Å². The minimum atomic E-state index is -0.328. The lowest BCUT2D eigenvalue weighted by Crippen LogP contribution is -2.39. The van der Waals surface area contributed by atoms with E-state index in [2.05, 4.69) is 39.8 Å². The molecule has 2 aliphatic rings. The van der Waals surface area contributed by atoms with Crippen LogP contribution in [0.5, 0.6) is 0 Å². The van der Waals surface area contributed by atoms with E-state index in [0.29, 0.717) is 47.4 Å². The molecule has 0 spiro atoms. The second kappa shape index (κ2) is 10.3. The molecule has 8 nitrogen and oxygen atoms in total. The fourth-order valence-electron chi connectivity index (χ4n) is 5.45. The van der Waals surface area contributed by atoms with Gasteiger partial charge in [0.25, 0.3) is 11.8 Å². The van der Waals surface area contributed by atoms with E-state index in [1.165, 1.54) is 11.1 Å². The van der Waals surface area contributed by atoms with E-state index in [1.807, 2.05) is 25.1 Å². The summed E-state index contributed by atoms with van der Waals surface area (Å²) in [5, 5.41) is 11.6. The first-order valence-electron chi connectivity index (χ1n) is 13.1. The van der Waals surface area contributed by atoms with Crippen LogP contribution in [0.15, 0.2) is 60.9 Å². The standard InChI is InChI=1S/C30H29ClN6O2/c1-18-8-10-32-16-21(18)17-34-29(38)27-26-9-11-36(23-6-7-25-19(2)14-33-15-20(25)12-23)30(39)28(26)37(35-27)24-5-3-4-22(31)13-24/h3-8,10,12-13,16,19,33H,9,11,14-15,17H2,1-2H3,(H,34,38)/t19-/m0/s1. The van der Waals surface area contributed by atoms with Crippen molar-refractivity contribution in [3.8, 4) is 5.69 Å². The first-order chi connectivity index (χ1) is 18.9. The molecule has 4 heterocycles. The lowest BCUT2D eigenvalue weighted by Gasteiger charge is -2.30. The Kier molecular flexibility index (Phi) is 6.66. The van der Waals surface area contributed by atoms with E-state index in [1.54, 1.807) is 40.2 Å². The third-order valence-electron chi connectivity index (χ3n) is 7.61. The molecular weight excluding hydrogens is 512 g/mol. The summed E-state index contributed by atoms with van der Waals surface area (Å²) in [7, 11) is 0. The number of hydrogen-bond donors (Lipinski definition) is 2. The van der Waals surface area contributed by atoms with Gasteiger partial charge < -0.3 is 15.5 Å². The topological polar surface area (TPSA) is 92.2 Å². The van der Waals surface area contributed by atoms with Crippen LogP contribution in [0.25, 0.3) is 5.69 Å². The third kappa shape index (κ3) is 4.70. The second-order valence-electron chi connectivity index (χ2n) is 10.2. The SMILES string of the molecule is Cc1ccncc1CNC(=O)c1nn(-c2cccc(Cl)c2)c2c1CCN(c1ccc3c(c1)CNC[C@@H]3C)C2=O. The maximum atomic E-state index is 14.1. The normalized spacial score (nSPS) is 16.5. The van der Waals surface area contributed by atoms with Gasteiger partial charge in [-0.2, -0.15) is 5.10 Å². The number of amides is 2. The van der Waals surface area contributed by atoms with Crippen LogP contribution in [0, 0.1) is 6.92 Å². The van der Waals surface area contributed by atoms with Gasteiger partial charge in [0.2, 0.25) is 0 Å². The largest absolute Gasteiger partial charge is 0.346 e. The molecule has 39 heavy (non-hydrogen) atoms. The zero-order valence-electron chi connectivity index (χ0n) is 21.9. The number of aromatic nitrogens is 3. The van der Waals surface area contributed by atoms with Gasteiger partial charge in [0.05, 0.1) is 5.69 Å². The first kappa shape index (κ1) is 25.3. The quantitative estimate of drug-likeness (QED) is 0.387. The fraction of sp³-hybridized carbons (Fsp3) is 0.267. The highest BCUT2D eigenvalue weighted by atomic mass is 35.5. The summed E-state index contributed by atoms with van der Waals surface area (Å²) in [5.74, 6) is -0.0970. The van der Waals surface area contributed by atoms with Gasteiger partial charge in [-0.1, -0.05) is 30.7 Å². The second-order valence-corrected chi connectivity index (χ2v) is 10.6. The average Bonchev–Trinajstić information content (AvgIpc) is 3.33. The minimum Gasteiger partial charge on any atom is -0.346 e. The van der Waals surface area contributed by atoms with Crippen molar-refractivity contribution in [3.05, 3.63) is 105 Å². The first-order valence-corrected chi connectivity index (χ1v) is 13.5. The number of benzene rings is 2. The number of aryl methyl sites for hydroxylation is 1. The third-order valence-corrected chi connectivity index (χ3v) is 7.84. The van der Waals surface area contributed by atoms with Gasteiger partial charge in [-0.15, -0.1) is 0 Å². The van der Waals surface area contributed by atoms with Crippen molar-refractivity contribution in [1.29, 1.82) is 0 Å². The Bertz CT molecular complexity index is 1600. The zero-order valence-corrected chi connectivity index (χ0v) is 22.6. The summed E-state index contributed by atoms with van der Waals surface area (Å²) in [5.41, 5.74) is 7.23. The Hall–Kier alpha value is -4.01. The zero-order chi connectivity index (χ0) is 27.1. The van der Waals surface area contributed by atoms with Gasteiger partial charge in [0.15, 0.2) is 5.69 Å². The molecule has 2 amide bonds. The van der Waals surface area contributed by atoms with Crippen molar-refractivity contribution in [2.45, 2.75) is 39.3 Å². The van der Waals surface area contributed by atoms with Gasteiger partial charge in [-0.25, -0.2) is 4.68 Å². The molecule has 6 rings (SSSR count). The molecule has 2 aliphatic heterocycles. The summed E-state index contributed by atoms with van der Waals surface area (Å²) in [6.45, 7) is 6.68. The average molecular weight is 541 g/mol. The maximum absolute atomic E-state index is 14.1. The van der Waals surface area contributed by atoms with Crippen LogP contribution in [-0.4, -0.2) is 39.7 Å². The number of halogens is 1. The number of fused-ring (bicyclic) bond motifs is 2. The number of rotatable bonds is 5. The highest BCUT2D eigenvalue weighted by Gasteiger charge is 2.35. The van der Waals surface area contributed by atoms with Crippen molar-refractivity contribution in [3.63, 3.8) is 0 Å². The predicted molar refractivity (Wildman–Crippen MR) is 151 cm³/mol. The van der Waals surface area contributed by atoms with Crippen LogP contribution in [0.4, 0.5) is 5.69 Å². The number of nitrogens with one attached hydrogen (secondary N) is 2. The molecule has 2 aromatic heterocycles. The van der Waals surface area contributed by atoms with Crippen molar-refractivity contribution >= 4 is 29.1 Å². The summed E-state index contributed by atoms with van der Waals surface area (Å²) in [4.78, 5) is 33.4. The van der Waals surface area contributed by atoms with Crippen molar-refractivity contribution in [2.24, 2.45) is 0 Å². The van der Waals surface area contributed by atoms with E-state index in [9.17, 15) is 9.59 Å². The molecule has 0 fully saturated rings. The Balaban J connectivity index is 1.37. The molecule has 198 valence electrons. The number of pyridine rings is 1. The van der Waals surface area contributed by atoms with Crippen molar-refractivity contribution in [2.75, 3.05) is 18.0 Å². The number of nitrogens with zero attached hydrogens (tertiary/aromatic N) is 4. The maximum Gasteiger partial charge on any atom is 0.277 e. The van der Waals surface area contributed by atoms with Crippen molar-refractivity contribution in [1.82, 2.24) is 25.4 Å². The summed E-state index contributed by atoms with van der Waals surface area (Å²) in [6.07, 6.45) is 3.97.